The highest BCUT2D eigenvalue weighted by Crippen LogP contribution is 2.18. The molecule has 6 heteroatoms. The van der Waals surface area contributed by atoms with E-state index in [-0.39, 0.29) is 11.5 Å². The highest BCUT2D eigenvalue weighted by Gasteiger charge is 2.11. The van der Waals surface area contributed by atoms with Crippen LogP contribution in [0.25, 0.3) is 11.6 Å². The van der Waals surface area contributed by atoms with Crippen LogP contribution in [-0.4, -0.2) is 21.4 Å². The summed E-state index contributed by atoms with van der Waals surface area (Å²) >= 11 is 0. The minimum Gasteiger partial charge on any atom is -0.494 e. The quantitative estimate of drug-likeness (QED) is 0.634. The van der Waals surface area contributed by atoms with E-state index < -0.39 is 5.95 Å². The second-order valence-corrected chi connectivity index (χ2v) is 4.09. The molecule has 2 aromatic rings. The van der Waals surface area contributed by atoms with Crippen LogP contribution < -0.4 is 0 Å². The summed E-state index contributed by atoms with van der Waals surface area (Å²) < 4.78 is 20.3. The van der Waals surface area contributed by atoms with Gasteiger partial charge in [-0.25, -0.2) is 9.67 Å². The van der Waals surface area contributed by atoms with Gasteiger partial charge in [0.2, 0.25) is 5.95 Å². The van der Waals surface area contributed by atoms with Crippen molar-refractivity contribution in [3.63, 3.8) is 0 Å². The number of aromatic nitrogens is 3. The summed E-state index contributed by atoms with van der Waals surface area (Å²) in [5, 5.41) is 12.9. The first-order chi connectivity index (χ1) is 9.55. The monoisotopic (exact) mass is 272 g/mol. The van der Waals surface area contributed by atoms with Crippen LogP contribution in [0.15, 0.2) is 24.8 Å². The minimum atomic E-state index is -0.660. The fourth-order valence-corrected chi connectivity index (χ4v) is 1.77. The van der Waals surface area contributed by atoms with E-state index in [0.29, 0.717) is 23.6 Å². The van der Waals surface area contributed by atoms with Gasteiger partial charge in [-0.3, -0.25) is 0 Å². The molecular weight excluding hydrogens is 259 g/mol. The fraction of sp³-hybridized carbons (Fsp3) is 0.214. The summed E-state index contributed by atoms with van der Waals surface area (Å²) in [6.45, 7) is 7.76. The number of halogens is 1. The molecule has 0 bridgehead atoms. The third kappa shape index (κ3) is 2.67. The zero-order valence-corrected chi connectivity index (χ0v) is 11.2. The van der Waals surface area contributed by atoms with Crippen molar-refractivity contribution in [1.29, 1.82) is 5.26 Å². The van der Waals surface area contributed by atoms with Crippen LogP contribution in [0.5, 0.6) is 0 Å². The Morgan fingerprint density at radius 3 is 2.85 bits per heavy atom. The second kappa shape index (κ2) is 5.53. The maximum absolute atomic E-state index is 13.6. The number of ether oxygens (including phenoxy) is 1. The van der Waals surface area contributed by atoms with Crippen LogP contribution in [0, 0.1) is 24.2 Å². The minimum absolute atomic E-state index is 0.249. The van der Waals surface area contributed by atoms with Crippen molar-refractivity contribution < 1.29 is 9.13 Å². The van der Waals surface area contributed by atoms with Gasteiger partial charge < -0.3 is 4.74 Å². The zero-order chi connectivity index (χ0) is 14.7. The van der Waals surface area contributed by atoms with Crippen LogP contribution in [0.2, 0.25) is 0 Å². The second-order valence-electron chi connectivity index (χ2n) is 4.09. The van der Waals surface area contributed by atoms with Crippen molar-refractivity contribution in [3.8, 4) is 11.9 Å². The molecular formula is C14H13FN4O. The molecule has 5 nitrogen and oxygen atoms in total. The van der Waals surface area contributed by atoms with Crippen LogP contribution in [-0.2, 0) is 4.74 Å². The van der Waals surface area contributed by atoms with Crippen LogP contribution >= 0.6 is 0 Å². The average molecular weight is 272 g/mol. The molecule has 0 amide bonds. The molecule has 0 aliphatic carbocycles. The smallest absolute Gasteiger partial charge is 0.215 e. The summed E-state index contributed by atoms with van der Waals surface area (Å²) in [4.78, 5) is 3.78. The van der Waals surface area contributed by atoms with E-state index in [1.54, 1.807) is 19.1 Å². The van der Waals surface area contributed by atoms with Crippen molar-refractivity contribution in [3.05, 3.63) is 47.7 Å². The number of hydrogen-bond donors (Lipinski definition) is 0. The number of nitrogens with zero attached hydrogens (tertiary/aromatic N) is 4. The summed E-state index contributed by atoms with van der Waals surface area (Å²) in [6, 6.07) is 6.39. The third-order valence-electron chi connectivity index (χ3n) is 2.64. The standard InChI is InChI=1S/C14H13FN4O/c1-4-20-10(3)11-6-13(15)17-14(7-11)19-9(2)5-12(8-16)18-19/h5-7H,3-4H2,1-2H3. The van der Waals surface area contributed by atoms with E-state index in [1.165, 1.54) is 10.7 Å². The average Bonchev–Trinajstić information content (AvgIpc) is 2.79. The van der Waals surface area contributed by atoms with Crippen molar-refractivity contribution in [2.24, 2.45) is 0 Å². The van der Waals surface area contributed by atoms with Gasteiger partial charge in [0.15, 0.2) is 11.5 Å². The maximum Gasteiger partial charge on any atom is 0.215 e. The molecule has 20 heavy (non-hydrogen) atoms. The van der Waals surface area contributed by atoms with Gasteiger partial charge in [-0.2, -0.15) is 14.8 Å². The van der Waals surface area contributed by atoms with E-state index >= 15 is 0 Å². The van der Waals surface area contributed by atoms with Crippen molar-refractivity contribution in [2.75, 3.05) is 6.61 Å². The predicted octanol–water partition coefficient (Wildman–Crippen LogP) is 2.59. The number of aryl methyl sites for hydroxylation is 1. The molecule has 0 saturated carbocycles. The molecule has 102 valence electrons. The molecule has 0 atom stereocenters. The summed E-state index contributed by atoms with van der Waals surface area (Å²) in [5.74, 6) is -0.0213. The third-order valence-corrected chi connectivity index (χ3v) is 2.64. The number of pyridine rings is 1. The van der Waals surface area contributed by atoms with Crippen LogP contribution in [0.1, 0.15) is 23.9 Å². The van der Waals surface area contributed by atoms with Gasteiger partial charge in [0.1, 0.15) is 11.8 Å². The zero-order valence-electron chi connectivity index (χ0n) is 11.2. The lowest BCUT2D eigenvalue weighted by molar-refractivity contribution is 0.299. The number of hydrogen-bond acceptors (Lipinski definition) is 4. The van der Waals surface area contributed by atoms with Crippen molar-refractivity contribution in [1.82, 2.24) is 14.8 Å². The normalized spacial score (nSPS) is 10.1. The molecule has 2 rings (SSSR count). The molecule has 0 radical (unpaired) electrons. The van der Waals surface area contributed by atoms with Gasteiger partial charge in [-0.15, -0.1) is 0 Å². The molecule has 0 unspecified atom stereocenters. The molecule has 0 aliphatic rings. The van der Waals surface area contributed by atoms with E-state index in [2.05, 4.69) is 16.7 Å². The Labute approximate surface area is 115 Å². The Hall–Kier alpha value is -2.68. The van der Waals surface area contributed by atoms with Gasteiger partial charge in [-0.05, 0) is 26.0 Å². The number of nitriles is 1. The molecule has 0 aromatic carbocycles. The predicted molar refractivity (Wildman–Crippen MR) is 71.4 cm³/mol. The van der Waals surface area contributed by atoms with Gasteiger partial charge in [-0.1, -0.05) is 6.58 Å². The number of rotatable bonds is 4. The largest absolute Gasteiger partial charge is 0.494 e. The molecule has 0 aliphatic heterocycles. The highest BCUT2D eigenvalue weighted by atomic mass is 19.1. The lowest BCUT2D eigenvalue weighted by Gasteiger charge is -2.09. The summed E-state index contributed by atoms with van der Waals surface area (Å²) in [5.41, 5.74) is 1.43. The Bertz CT molecular complexity index is 700. The first kappa shape index (κ1) is 13.7. The van der Waals surface area contributed by atoms with E-state index in [1.807, 2.05) is 13.0 Å². The van der Waals surface area contributed by atoms with E-state index in [0.717, 1.165) is 0 Å². The van der Waals surface area contributed by atoms with Gasteiger partial charge in [0, 0.05) is 17.3 Å². The topological polar surface area (TPSA) is 63.7 Å². The Morgan fingerprint density at radius 1 is 1.50 bits per heavy atom. The Kier molecular flexibility index (Phi) is 3.80. The maximum atomic E-state index is 13.6. The molecule has 0 N–H and O–H groups in total. The SMILES string of the molecule is C=C(OCC)c1cc(F)nc(-n2nc(C#N)cc2C)c1. The van der Waals surface area contributed by atoms with Crippen LogP contribution in [0.4, 0.5) is 4.39 Å². The lowest BCUT2D eigenvalue weighted by atomic mass is 10.2. The van der Waals surface area contributed by atoms with Gasteiger partial charge >= 0.3 is 0 Å². The Balaban J connectivity index is 2.49. The van der Waals surface area contributed by atoms with Crippen LogP contribution in [0.3, 0.4) is 0 Å². The first-order valence-electron chi connectivity index (χ1n) is 6.02. The molecule has 0 spiro atoms. The van der Waals surface area contributed by atoms with E-state index in [4.69, 9.17) is 10.00 Å². The van der Waals surface area contributed by atoms with Crippen molar-refractivity contribution >= 4 is 5.76 Å². The first-order valence-corrected chi connectivity index (χ1v) is 6.02. The van der Waals surface area contributed by atoms with E-state index in [9.17, 15) is 4.39 Å². The van der Waals surface area contributed by atoms with Gasteiger partial charge in [0.05, 0.1) is 6.61 Å². The highest BCUT2D eigenvalue weighted by molar-refractivity contribution is 5.58. The molecule has 2 aromatic heterocycles. The van der Waals surface area contributed by atoms with Crippen molar-refractivity contribution in [2.45, 2.75) is 13.8 Å². The molecule has 0 saturated heterocycles. The summed E-state index contributed by atoms with van der Waals surface area (Å²) in [6.07, 6.45) is 0. The summed E-state index contributed by atoms with van der Waals surface area (Å²) in [7, 11) is 0. The molecule has 0 fully saturated rings. The molecule has 2 heterocycles. The lowest BCUT2D eigenvalue weighted by Crippen LogP contribution is -2.05. The van der Waals surface area contributed by atoms with Gasteiger partial charge in [0.25, 0.3) is 0 Å². The fourth-order valence-electron chi connectivity index (χ4n) is 1.77. The Morgan fingerprint density at radius 2 is 2.25 bits per heavy atom.